The van der Waals surface area contributed by atoms with Crippen molar-refractivity contribution in [1.29, 1.82) is 0 Å². The van der Waals surface area contributed by atoms with Crippen LogP contribution in [-0.4, -0.2) is 23.6 Å². The molecule has 0 radical (unpaired) electrons. The molecule has 3 atom stereocenters. The summed E-state index contributed by atoms with van der Waals surface area (Å²) in [7, 11) is -2.10. The van der Waals surface area contributed by atoms with Crippen LogP contribution >= 0.6 is 0 Å². The molecule has 0 aromatic heterocycles. The highest BCUT2D eigenvalue weighted by atomic mass is 28.3. The molecular weight excluding hydrogens is 226 g/mol. The molecule has 0 aliphatic rings. The quantitative estimate of drug-likeness (QED) is 0.639. The molecule has 0 fully saturated rings. The molecule has 0 aliphatic carbocycles. The zero-order valence-corrected chi connectivity index (χ0v) is 13.9. The third-order valence-electron chi connectivity index (χ3n) is 5.63. The summed E-state index contributed by atoms with van der Waals surface area (Å²) in [5.74, 6) is 0. The molecule has 0 aliphatic heterocycles. The first-order valence-electron chi connectivity index (χ1n) is 6.80. The fourth-order valence-corrected chi connectivity index (χ4v) is 9.05. The number of hydrogen-bond acceptors (Lipinski definition) is 3. The minimum absolute atomic E-state index is 0.244. The summed E-state index contributed by atoms with van der Waals surface area (Å²) in [5.41, 5.74) is 19.9. The molecule has 3 unspecified atom stereocenters. The van der Waals surface area contributed by atoms with Gasteiger partial charge in [0.15, 0.2) is 0 Å². The van der Waals surface area contributed by atoms with Crippen LogP contribution in [0.25, 0.3) is 0 Å². The predicted octanol–water partition coefficient (Wildman–Crippen LogP) is 2.06. The fraction of sp³-hybridized carbons (Fsp3) is 1.00. The van der Waals surface area contributed by atoms with Gasteiger partial charge < -0.3 is 17.2 Å². The van der Waals surface area contributed by atoms with Crippen LogP contribution in [0.4, 0.5) is 0 Å². The Labute approximate surface area is 109 Å². The maximum atomic E-state index is 6.62. The first-order valence-corrected chi connectivity index (χ1v) is 9.30. The molecule has 4 heteroatoms. The van der Waals surface area contributed by atoms with Gasteiger partial charge in [-0.2, -0.15) is 0 Å². The Hall–Kier alpha value is 0.0969. The zero-order chi connectivity index (χ0) is 14.1. The minimum atomic E-state index is -2.10. The molecule has 0 aromatic rings. The van der Waals surface area contributed by atoms with E-state index < -0.39 is 8.07 Å². The van der Waals surface area contributed by atoms with Crippen molar-refractivity contribution in [3.05, 3.63) is 0 Å². The van der Waals surface area contributed by atoms with Crippen molar-refractivity contribution in [2.45, 2.75) is 82.8 Å². The van der Waals surface area contributed by atoms with Crippen LogP contribution in [0.3, 0.4) is 0 Å². The van der Waals surface area contributed by atoms with E-state index in [0.29, 0.717) is 0 Å². The molecule has 0 amide bonds. The van der Waals surface area contributed by atoms with Crippen LogP contribution in [0.15, 0.2) is 0 Å². The van der Waals surface area contributed by atoms with Gasteiger partial charge in [-0.3, -0.25) is 0 Å². The van der Waals surface area contributed by atoms with Gasteiger partial charge in [-0.1, -0.05) is 27.3 Å². The Morgan fingerprint density at radius 1 is 0.706 bits per heavy atom. The summed E-state index contributed by atoms with van der Waals surface area (Å²) in [4.78, 5) is 0. The lowest BCUT2D eigenvalue weighted by Crippen LogP contribution is -2.85. The number of nitrogens with two attached hydrogens (primary N) is 3. The highest BCUT2D eigenvalue weighted by molar-refractivity contribution is 6.87. The van der Waals surface area contributed by atoms with Gasteiger partial charge in [-0.05, 0) is 40.0 Å². The van der Waals surface area contributed by atoms with E-state index in [1.165, 1.54) is 0 Å². The Bertz CT molecular complexity index is 219. The molecule has 0 heterocycles. The summed E-state index contributed by atoms with van der Waals surface area (Å²) in [6.45, 7) is 15.1. The van der Waals surface area contributed by atoms with Crippen molar-refractivity contribution in [1.82, 2.24) is 0 Å². The lowest BCUT2D eigenvalue weighted by atomic mass is 10.2. The molecule has 0 aromatic carbocycles. The largest absolute Gasteiger partial charge is 0.328 e. The zero-order valence-electron chi connectivity index (χ0n) is 12.9. The van der Waals surface area contributed by atoms with E-state index >= 15 is 0 Å². The third-order valence-corrected chi connectivity index (χ3v) is 13.5. The SMILES string of the molecule is CCC(C)(N)[Si](C)(C(C)(N)CC)C(C)(N)CC. The Kier molecular flexibility index (Phi) is 5.03. The highest BCUT2D eigenvalue weighted by Crippen LogP contribution is 2.40. The van der Waals surface area contributed by atoms with E-state index in [9.17, 15) is 0 Å². The lowest BCUT2D eigenvalue weighted by molar-refractivity contribution is 0.445. The van der Waals surface area contributed by atoms with Crippen molar-refractivity contribution >= 4 is 8.07 Å². The lowest BCUT2D eigenvalue weighted by Gasteiger charge is -2.59. The van der Waals surface area contributed by atoms with E-state index in [1.54, 1.807) is 0 Å². The second-order valence-corrected chi connectivity index (χ2v) is 12.1. The highest BCUT2D eigenvalue weighted by Gasteiger charge is 2.60. The average molecular weight is 260 g/mol. The second kappa shape index (κ2) is 5.00. The molecular formula is C13H33N3Si. The summed E-state index contributed by atoms with van der Waals surface area (Å²) >= 11 is 0. The third kappa shape index (κ3) is 2.45. The van der Waals surface area contributed by atoms with Crippen LogP contribution in [0.1, 0.15) is 60.8 Å². The summed E-state index contributed by atoms with van der Waals surface area (Å²) < 4.78 is 0. The first kappa shape index (κ1) is 17.1. The van der Waals surface area contributed by atoms with Crippen LogP contribution in [0.5, 0.6) is 0 Å². The van der Waals surface area contributed by atoms with E-state index in [1.807, 2.05) is 0 Å². The summed E-state index contributed by atoms with van der Waals surface area (Å²) in [6.07, 6.45) is 2.78. The van der Waals surface area contributed by atoms with Crippen molar-refractivity contribution in [3.63, 3.8) is 0 Å². The van der Waals surface area contributed by atoms with Crippen LogP contribution in [0.2, 0.25) is 6.55 Å². The molecule has 17 heavy (non-hydrogen) atoms. The summed E-state index contributed by atoms with van der Waals surface area (Å²) in [5, 5.41) is -0.732. The van der Waals surface area contributed by atoms with Crippen molar-refractivity contribution in [2.75, 3.05) is 0 Å². The standard InChI is InChI=1S/C13H33N3Si/c1-8-11(4,14)17(7,12(5,15)9-2)13(6,16)10-3/h8-10,14-16H2,1-7H3. The van der Waals surface area contributed by atoms with Gasteiger partial charge in [0, 0.05) is 15.5 Å². The molecule has 0 saturated heterocycles. The van der Waals surface area contributed by atoms with Crippen LogP contribution < -0.4 is 17.2 Å². The Morgan fingerprint density at radius 2 is 0.882 bits per heavy atom. The Balaban J connectivity index is 5.88. The average Bonchev–Trinajstić information content (AvgIpc) is 2.27. The maximum Gasteiger partial charge on any atom is 0.115 e. The maximum absolute atomic E-state index is 6.62. The molecule has 0 rings (SSSR count). The van der Waals surface area contributed by atoms with E-state index in [2.05, 4.69) is 48.1 Å². The normalized spacial score (nSPS) is 26.5. The first-order chi connectivity index (χ1) is 7.43. The van der Waals surface area contributed by atoms with Crippen molar-refractivity contribution in [3.8, 4) is 0 Å². The number of hydrogen-bond donors (Lipinski definition) is 3. The second-order valence-electron chi connectivity index (χ2n) is 6.44. The van der Waals surface area contributed by atoms with Crippen molar-refractivity contribution < 1.29 is 0 Å². The fourth-order valence-electron chi connectivity index (χ4n) is 3.02. The van der Waals surface area contributed by atoms with Gasteiger partial charge in [0.1, 0.15) is 8.07 Å². The molecule has 3 nitrogen and oxygen atoms in total. The topological polar surface area (TPSA) is 78.1 Å². The molecule has 0 bridgehead atoms. The van der Waals surface area contributed by atoms with E-state index in [0.717, 1.165) is 19.3 Å². The summed E-state index contributed by atoms with van der Waals surface area (Å²) in [6, 6.07) is 0. The molecule has 6 N–H and O–H groups in total. The van der Waals surface area contributed by atoms with Gasteiger partial charge in [0.05, 0.1) is 0 Å². The molecule has 0 spiro atoms. The Morgan fingerprint density at radius 3 is 1.00 bits per heavy atom. The van der Waals surface area contributed by atoms with Crippen LogP contribution in [-0.2, 0) is 0 Å². The van der Waals surface area contributed by atoms with Gasteiger partial charge in [0.25, 0.3) is 0 Å². The van der Waals surface area contributed by atoms with Gasteiger partial charge >= 0.3 is 0 Å². The number of rotatable bonds is 6. The van der Waals surface area contributed by atoms with E-state index in [-0.39, 0.29) is 15.5 Å². The van der Waals surface area contributed by atoms with Gasteiger partial charge in [-0.25, -0.2) is 0 Å². The van der Waals surface area contributed by atoms with E-state index in [4.69, 9.17) is 17.2 Å². The minimum Gasteiger partial charge on any atom is -0.328 e. The van der Waals surface area contributed by atoms with Crippen molar-refractivity contribution in [2.24, 2.45) is 17.2 Å². The van der Waals surface area contributed by atoms with Gasteiger partial charge in [-0.15, -0.1) is 0 Å². The molecule has 104 valence electrons. The predicted molar refractivity (Wildman–Crippen MR) is 80.3 cm³/mol. The smallest absolute Gasteiger partial charge is 0.115 e. The monoisotopic (exact) mass is 259 g/mol. The van der Waals surface area contributed by atoms with Crippen LogP contribution in [0, 0.1) is 0 Å². The molecule has 0 saturated carbocycles. The van der Waals surface area contributed by atoms with Gasteiger partial charge in [0.2, 0.25) is 0 Å².